The van der Waals surface area contributed by atoms with Gasteiger partial charge in [0.15, 0.2) is 5.78 Å². The Morgan fingerprint density at radius 1 is 0.913 bits per heavy atom. The second kappa shape index (κ2) is 5.85. The Morgan fingerprint density at radius 2 is 1.48 bits per heavy atom. The van der Waals surface area contributed by atoms with Gasteiger partial charge in [0.25, 0.3) is 0 Å². The molecule has 5 heteroatoms. The van der Waals surface area contributed by atoms with Crippen LogP contribution in [0.25, 0.3) is 0 Å². The maximum Gasteiger partial charge on any atom is 0.336 e. The zero-order valence-corrected chi connectivity index (χ0v) is 13.0. The number of rotatable bonds is 3. The summed E-state index contributed by atoms with van der Waals surface area (Å²) >= 11 is 1.03. The van der Waals surface area contributed by atoms with Gasteiger partial charge in [0, 0.05) is 21.6 Å². The van der Waals surface area contributed by atoms with Crippen molar-refractivity contribution >= 4 is 29.3 Å². The van der Waals surface area contributed by atoms with Gasteiger partial charge in [0.1, 0.15) is 0 Å². The molecule has 0 amide bonds. The third kappa shape index (κ3) is 2.59. The number of allylic oxidation sites excluding steroid dienone is 2. The van der Waals surface area contributed by atoms with Gasteiger partial charge in [-0.1, -0.05) is 48.2 Å². The molecule has 0 atom stereocenters. The number of benzene rings is 2. The van der Waals surface area contributed by atoms with Crippen molar-refractivity contribution < 1.29 is 19.5 Å². The van der Waals surface area contributed by atoms with E-state index in [4.69, 9.17) is 0 Å². The first-order valence-electron chi connectivity index (χ1n) is 6.90. The van der Waals surface area contributed by atoms with Gasteiger partial charge in [0.2, 0.25) is 5.78 Å². The van der Waals surface area contributed by atoms with E-state index in [9.17, 15) is 19.5 Å². The molecule has 0 bridgehead atoms. The molecule has 1 aliphatic carbocycles. The number of hydrogen-bond acceptors (Lipinski definition) is 4. The lowest BCUT2D eigenvalue weighted by atomic mass is 9.90. The van der Waals surface area contributed by atoms with Crippen LogP contribution >= 0.6 is 11.8 Å². The summed E-state index contributed by atoms with van der Waals surface area (Å²) in [6, 6.07) is 13.1. The van der Waals surface area contributed by atoms with Crippen molar-refractivity contribution in [2.24, 2.45) is 0 Å². The molecule has 23 heavy (non-hydrogen) atoms. The fourth-order valence-corrected chi connectivity index (χ4v) is 3.52. The van der Waals surface area contributed by atoms with E-state index in [1.165, 1.54) is 6.07 Å². The number of carbonyl (C=O) groups is 3. The third-order valence-corrected chi connectivity index (χ3v) is 4.90. The van der Waals surface area contributed by atoms with Crippen molar-refractivity contribution in [2.75, 3.05) is 0 Å². The molecule has 114 valence electrons. The highest BCUT2D eigenvalue weighted by Crippen LogP contribution is 2.38. The summed E-state index contributed by atoms with van der Waals surface area (Å²) in [5, 5.41) is 9.26. The second-order valence-electron chi connectivity index (χ2n) is 5.06. The van der Waals surface area contributed by atoms with Crippen LogP contribution in [-0.2, 0) is 0 Å². The molecular formula is C18H12O4S. The Bertz CT molecular complexity index is 880. The van der Waals surface area contributed by atoms with E-state index < -0.39 is 5.97 Å². The maximum atomic E-state index is 12.7. The van der Waals surface area contributed by atoms with E-state index in [-0.39, 0.29) is 22.0 Å². The molecule has 3 rings (SSSR count). The molecule has 4 nitrogen and oxygen atoms in total. The van der Waals surface area contributed by atoms with Crippen molar-refractivity contribution in [3.05, 3.63) is 75.7 Å². The van der Waals surface area contributed by atoms with Crippen LogP contribution in [0.4, 0.5) is 0 Å². The monoisotopic (exact) mass is 324 g/mol. The minimum absolute atomic E-state index is 0.108. The molecule has 0 radical (unpaired) electrons. The third-order valence-electron chi connectivity index (χ3n) is 3.63. The largest absolute Gasteiger partial charge is 0.478 e. The molecule has 0 spiro atoms. The number of hydrogen-bond donors (Lipinski definition) is 1. The van der Waals surface area contributed by atoms with E-state index in [1.54, 1.807) is 49.4 Å². The van der Waals surface area contributed by atoms with E-state index >= 15 is 0 Å². The number of aromatic carboxylic acids is 1. The number of thioether (sulfide) groups is 1. The SMILES string of the molecule is CC1=C(Sc2ccccc2C(=O)O)C(=O)c2ccccc2C1=O. The molecule has 0 unspecified atom stereocenters. The summed E-state index contributed by atoms with van der Waals surface area (Å²) in [4.78, 5) is 37.1. The average Bonchev–Trinajstić information content (AvgIpc) is 2.57. The minimum atomic E-state index is -1.07. The van der Waals surface area contributed by atoms with Gasteiger partial charge < -0.3 is 5.11 Å². The van der Waals surface area contributed by atoms with Gasteiger partial charge >= 0.3 is 5.97 Å². The summed E-state index contributed by atoms with van der Waals surface area (Å²) in [7, 11) is 0. The number of carboxylic acids is 1. The first-order chi connectivity index (χ1) is 11.0. The van der Waals surface area contributed by atoms with Crippen LogP contribution in [0.5, 0.6) is 0 Å². The summed E-state index contributed by atoms with van der Waals surface area (Å²) in [6.45, 7) is 1.60. The van der Waals surface area contributed by atoms with Gasteiger partial charge in [-0.2, -0.15) is 0 Å². The Balaban J connectivity index is 2.08. The van der Waals surface area contributed by atoms with Crippen LogP contribution in [0, 0.1) is 0 Å². The highest BCUT2D eigenvalue weighted by molar-refractivity contribution is 8.04. The van der Waals surface area contributed by atoms with Crippen molar-refractivity contribution in [3.8, 4) is 0 Å². The summed E-state index contributed by atoms with van der Waals surface area (Å²) in [5.74, 6) is -1.51. The first-order valence-corrected chi connectivity index (χ1v) is 7.72. The highest BCUT2D eigenvalue weighted by Gasteiger charge is 2.30. The molecule has 0 heterocycles. The topological polar surface area (TPSA) is 71.4 Å². The zero-order valence-electron chi connectivity index (χ0n) is 12.2. The lowest BCUT2D eigenvalue weighted by molar-refractivity contribution is 0.0692. The van der Waals surface area contributed by atoms with Gasteiger partial charge in [-0.05, 0) is 19.1 Å². The fourth-order valence-electron chi connectivity index (χ4n) is 2.44. The van der Waals surface area contributed by atoms with Gasteiger partial charge in [-0.15, -0.1) is 0 Å². The second-order valence-corrected chi connectivity index (χ2v) is 6.11. The fraction of sp³-hybridized carbons (Fsp3) is 0.0556. The van der Waals surface area contributed by atoms with Crippen LogP contribution in [0.3, 0.4) is 0 Å². The summed E-state index contributed by atoms with van der Waals surface area (Å²) < 4.78 is 0. The number of ketones is 2. The molecule has 0 saturated heterocycles. The normalized spacial score (nSPS) is 14.0. The molecular weight excluding hydrogens is 312 g/mol. The smallest absolute Gasteiger partial charge is 0.336 e. The molecule has 1 N–H and O–H groups in total. The van der Waals surface area contributed by atoms with E-state index in [0.29, 0.717) is 21.6 Å². The first kappa shape index (κ1) is 15.2. The van der Waals surface area contributed by atoms with Crippen LogP contribution < -0.4 is 0 Å². The van der Waals surface area contributed by atoms with Crippen molar-refractivity contribution in [3.63, 3.8) is 0 Å². The molecule has 0 fully saturated rings. The van der Waals surface area contributed by atoms with Crippen LogP contribution in [0.15, 0.2) is 63.9 Å². The Labute approximate surface area is 136 Å². The molecule has 2 aromatic rings. The Hall–Kier alpha value is -2.66. The predicted molar refractivity (Wildman–Crippen MR) is 87.1 cm³/mol. The van der Waals surface area contributed by atoms with Gasteiger partial charge in [-0.25, -0.2) is 4.79 Å². The van der Waals surface area contributed by atoms with Crippen LogP contribution in [0.1, 0.15) is 38.0 Å². The van der Waals surface area contributed by atoms with Crippen molar-refractivity contribution in [1.29, 1.82) is 0 Å². The number of carboxylic acid groups (broad SMARTS) is 1. The molecule has 0 aromatic heterocycles. The zero-order chi connectivity index (χ0) is 16.6. The number of carbonyl (C=O) groups excluding carboxylic acids is 2. The molecule has 2 aromatic carbocycles. The lowest BCUT2D eigenvalue weighted by Crippen LogP contribution is -2.19. The summed E-state index contributed by atoms with van der Waals surface area (Å²) in [6.07, 6.45) is 0. The predicted octanol–water partition coefficient (Wildman–Crippen LogP) is 3.83. The summed E-state index contributed by atoms with van der Waals surface area (Å²) in [5.41, 5.74) is 1.21. The lowest BCUT2D eigenvalue weighted by Gasteiger charge is -2.18. The quantitative estimate of drug-likeness (QED) is 0.929. The number of fused-ring (bicyclic) bond motifs is 1. The van der Waals surface area contributed by atoms with E-state index in [0.717, 1.165) is 11.8 Å². The van der Waals surface area contributed by atoms with Gasteiger partial charge in [-0.3, -0.25) is 9.59 Å². The average molecular weight is 324 g/mol. The van der Waals surface area contributed by atoms with E-state index in [1.807, 2.05) is 0 Å². The standard InChI is InChI=1S/C18H12O4S/c1-10-15(19)11-6-2-3-7-12(11)16(20)17(10)23-14-9-5-4-8-13(14)18(21)22/h2-9H,1H3,(H,21,22). The Morgan fingerprint density at radius 3 is 2.13 bits per heavy atom. The Kier molecular flexibility index (Phi) is 3.88. The number of Topliss-reactive ketones (excluding diaryl/α,β-unsaturated/α-hetero) is 2. The highest BCUT2D eigenvalue weighted by atomic mass is 32.2. The van der Waals surface area contributed by atoms with Crippen LogP contribution in [-0.4, -0.2) is 22.6 Å². The van der Waals surface area contributed by atoms with Crippen molar-refractivity contribution in [2.45, 2.75) is 11.8 Å². The van der Waals surface area contributed by atoms with Crippen LogP contribution in [0.2, 0.25) is 0 Å². The van der Waals surface area contributed by atoms with Crippen molar-refractivity contribution in [1.82, 2.24) is 0 Å². The maximum absolute atomic E-state index is 12.7. The molecule has 0 saturated carbocycles. The molecule has 1 aliphatic rings. The van der Waals surface area contributed by atoms with Gasteiger partial charge in [0.05, 0.1) is 10.5 Å². The van der Waals surface area contributed by atoms with E-state index in [2.05, 4.69) is 0 Å². The minimum Gasteiger partial charge on any atom is -0.478 e. The molecule has 0 aliphatic heterocycles.